The number of halogens is 1. The van der Waals surface area contributed by atoms with Gasteiger partial charge in [0.15, 0.2) is 23.6 Å². The lowest BCUT2D eigenvalue weighted by atomic mass is 10.1. The fourth-order valence-corrected chi connectivity index (χ4v) is 2.66. The van der Waals surface area contributed by atoms with E-state index in [2.05, 4.69) is 17.3 Å². The van der Waals surface area contributed by atoms with E-state index in [1.165, 1.54) is 12.3 Å². The van der Waals surface area contributed by atoms with E-state index in [-0.39, 0.29) is 5.82 Å². The summed E-state index contributed by atoms with van der Waals surface area (Å²) in [7, 11) is 0. The van der Waals surface area contributed by atoms with Crippen molar-refractivity contribution in [3.8, 4) is 0 Å². The molecule has 1 unspecified atom stereocenters. The van der Waals surface area contributed by atoms with Crippen LogP contribution in [0.4, 0.5) is 10.2 Å². The van der Waals surface area contributed by atoms with Gasteiger partial charge >= 0.3 is 5.69 Å². The van der Waals surface area contributed by atoms with Crippen LogP contribution < -0.4 is 11.4 Å². The van der Waals surface area contributed by atoms with Crippen molar-refractivity contribution in [3.05, 3.63) is 41.1 Å². The molecule has 1 aromatic rings. The summed E-state index contributed by atoms with van der Waals surface area (Å²) in [6.07, 6.45) is -2.49. The molecule has 7 nitrogen and oxygen atoms in total. The first kappa shape index (κ1) is 13.0. The molecule has 0 amide bonds. The van der Waals surface area contributed by atoms with E-state index < -0.39 is 35.4 Å². The van der Waals surface area contributed by atoms with Crippen molar-refractivity contribution >= 4 is 5.82 Å². The molecule has 0 radical (unpaired) electrons. The van der Waals surface area contributed by atoms with Gasteiger partial charge in [-0.1, -0.05) is 6.58 Å². The van der Waals surface area contributed by atoms with Gasteiger partial charge in [0.1, 0.15) is 11.9 Å². The van der Waals surface area contributed by atoms with Crippen LogP contribution in [0.5, 0.6) is 0 Å². The lowest BCUT2D eigenvalue weighted by Gasteiger charge is -2.21. The number of anilines is 1. The SMILES string of the molecule is C=C=C[C@]12O[C@@H](n3ccc(N)nc3=O)[C@H](F)[C@]1(O)C2O. The molecule has 2 aliphatic rings. The monoisotopic (exact) mass is 281 g/mol. The number of aliphatic hydroxyl groups excluding tert-OH is 1. The highest BCUT2D eigenvalue weighted by atomic mass is 19.1. The molecule has 20 heavy (non-hydrogen) atoms. The van der Waals surface area contributed by atoms with Crippen LogP contribution in [0.15, 0.2) is 35.4 Å². The average molecular weight is 281 g/mol. The van der Waals surface area contributed by atoms with Crippen LogP contribution in [-0.4, -0.2) is 43.2 Å². The summed E-state index contributed by atoms with van der Waals surface area (Å²) in [6, 6.07) is 1.30. The molecule has 1 aliphatic carbocycles. The van der Waals surface area contributed by atoms with Crippen molar-refractivity contribution in [1.82, 2.24) is 9.55 Å². The van der Waals surface area contributed by atoms with E-state index in [1.807, 2.05) is 0 Å². The predicted octanol–water partition coefficient (Wildman–Crippen LogP) is -1.12. The van der Waals surface area contributed by atoms with Crippen LogP contribution in [0.1, 0.15) is 6.23 Å². The first-order chi connectivity index (χ1) is 9.38. The second-order valence-corrected chi connectivity index (χ2v) is 4.82. The number of hydrogen-bond donors (Lipinski definition) is 3. The fraction of sp³-hybridized carbons (Fsp3) is 0.417. The lowest BCUT2D eigenvalue weighted by molar-refractivity contribution is -0.0801. The van der Waals surface area contributed by atoms with Crippen molar-refractivity contribution < 1.29 is 19.3 Å². The van der Waals surface area contributed by atoms with Crippen LogP contribution in [0.2, 0.25) is 0 Å². The largest absolute Gasteiger partial charge is 0.386 e. The summed E-state index contributed by atoms with van der Waals surface area (Å²) in [5.41, 5.74) is 3.13. The van der Waals surface area contributed by atoms with Gasteiger partial charge < -0.3 is 20.7 Å². The maximum Gasteiger partial charge on any atom is 0.351 e. The molecule has 4 N–H and O–H groups in total. The van der Waals surface area contributed by atoms with Gasteiger partial charge in [-0.2, -0.15) is 4.98 Å². The third-order valence-corrected chi connectivity index (χ3v) is 3.79. The molecule has 1 aromatic heterocycles. The van der Waals surface area contributed by atoms with Crippen LogP contribution in [-0.2, 0) is 4.74 Å². The van der Waals surface area contributed by atoms with Gasteiger partial charge in [-0.15, -0.1) is 5.73 Å². The van der Waals surface area contributed by atoms with Gasteiger partial charge in [-0.25, -0.2) is 9.18 Å². The van der Waals surface area contributed by atoms with Crippen LogP contribution in [0, 0.1) is 0 Å². The molecule has 1 saturated heterocycles. The second-order valence-electron chi connectivity index (χ2n) is 4.82. The Labute approximate surface area is 112 Å². The molecule has 0 aromatic carbocycles. The molecule has 2 fully saturated rings. The third-order valence-electron chi connectivity index (χ3n) is 3.79. The van der Waals surface area contributed by atoms with Gasteiger partial charge in [0.05, 0.1) is 0 Å². The van der Waals surface area contributed by atoms with Gasteiger partial charge in [0.2, 0.25) is 0 Å². The van der Waals surface area contributed by atoms with Crippen molar-refractivity contribution in [2.24, 2.45) is 0 Å². The number of aliphatic hydroxyl groups is 2. The Bertz CT molecular complexity index is 686. The summed E-state index contributed by atoms with van der Waals surface area (Å²) in [6.45, 7) is 3.31. The molecule has 0 bridgehead atoms. The summed E-state index contributed by atoms with van der Waals surface area (Å²) in [5.74, 6) is -0.00994. The minimum Gasteiger partial charge on any atom is -0.386 e. The van der Waals surface area contributed by atoms with E-state index >= 15 is 0 Å². The zero-order valence-corrected chi connectivity index (χ0v) is 10.2. The number of rotatable bonds is 2. The van der Waals surface area contributed by atoms with E-state index in [4.69, 9.17) is 10.5 Å². The molecule has 1 saturated carbocycles. The lowest BCUT2D eigenvalue weighted by Crippen LogP contribution is -2.38. The fourth-order valence-electron chi connectivity index (χ4n) is 2.66. The number of nitrogen functional groups attached to an aromatic ring is 1. The molecule has 0 spiro atoms. The zero-order chi connectivity index (χ0) is 14.7. The summed E-state index contributed by atoms with van der Waals surface area (Å²) in [5, 5.41) is 19.9. The molecule has 5 atom stereocenters. The Kier molecular flexibility index (Phi) is 2.45. The highest BCUT2D eigenvalue weighted by molar-refractivity contribution is 5.41. The highest BCUT2D eigenvalue weighted by Crippen LogP contribution is 2.63. The number of hydrogen-bond acceptors (Lipinski definition) is 6. The van der Waals surface area contributed by atoms with Crippen LogP contribution in [0.3, 0.4) is 0 Å². The van der Waals surface area contributed by atoms with Crippen LogP contribution >= 0.6 is 0 Å². The Balaban J connectivity index is 2.04. The van der Waals surface area contributed by atoms with Gasteiger partial charge in [-0.05, 0) is 12.1 Å². The molecule has 106 valence electrons. The maximum absolute atomic E-state index is 14.4. The molecule has 8 heteroatoms. The van der Waals surface area contributed by atoms with E-state index in [0.717, 1.165) is 10.6 Å². The van der Waals surface area contributed by atoms with E-state index in [1.54, 1.807) is 0 Å². The van der Waals surface area contributed by atoms with Gasteiger partial charge in [-0.3, -0.25) is 4.57 Å². The molecular formula is C12H12FN3O4. The number of nitrogens with two attached hydrogens (primary N) is 1. The number of aromatic nitrogens is 2. The van der Waals surface area contributed by atoms with Crippen molar-refractivity contribution in [1.29, 1.82) is 0 Å². The minimum absolute atomic E-state index is 0.00994. The Morgan fingerprint density at radius 3 is 3.00 bits per heavy atom. The predicted molar refractivity (Wildman–Crippen MR) is 65.3 cm³/mol. The topological polar surface area (TPSA) is 111 Å². The van der Waals surface area contributed by atoms with E-state index in [0.29, 0.717) is 0 Å². The van der Waals surface area contributed by atoms with Crippen molar-refractivity contribution in [3.63, 3.8) is 0 Å². The average Bonchev–Trinajstić information content (AvgIpc) is 2.73. The Hall–Kier alpha value is -1.99. The molecule has 2 heterocycles. The normalized spacial score (nSPS) is 41.9. The maximum atomic E-state index is 14.4. The molecular weight excluding hydrogens is 269 g/mol. The molecule has 1 aliphatic heterocycles. The summed E-state index contributed by atoms with van der Waals surface area (Å²) >= 11 is 0. The Morgan fingerprint density at radius 1 is 1.70 bits per heavy atom. The molecule has 3 rings (SSSR count). The van der Waals surface area contributed by atoms with E-state index in [9.17, 15) is 19.4 Å². The van der Waals surface area contributed by atoms with Gasteiger partial charge in [0, 0.05) is 6.20 Å². The first-order valence-electron chi connectivity index (χ1n) is 5.82. The highest BCUT2D eigenvalue weighted by Gasteiger charge is 2.87. The summed E-state index contributed by atoms with van der Waals surface area (Å²) in [4.78, 5) is 15.1. The number of alkyl halides is 1. The smallest absolute Gasteiger partial charge is 0.351 e. The third kappa shape index (κ3) is 1.28. The number of fused-ring (bicyclic) bond motifs is 1. The standard InChI is InChI=1S/C12H12FN3O4/c1-2-4-11-9(17)12(11,19)7(13)8(20-11)16-5-3-6(14)15-10(16)18/h3-5,7-9,17,19H,1H2,(H2,14,15,18)/t7-,8+,9?,11+,12-/m0/s1. The Morgan fingerprint density at radius 2 is 2.40 bits per heavy atom. The quantitative estimate of drug-likeness (QED) is 0.592. The second kappa shape index (κ2) is 3.77. The number of ether oxygens (including phenoxy) is 1. The number of nitrogens with zero attached hydrogens (tertiary/aromatic N) is 2. The zero-order valence-electron chi connectivity index (χ0n) is 10.2. The minimum atomic E-state index is -2.12. The van der Waals surface area contributed by atoms with Crippen LogP contribution in [0.25, 0.3) is 0 Å². The van der Waals surface area contributed by atoms with Crippen molar-refractivity contribution in [2.75, 3.05) is 5.73 Å². The first-order valence-corrected chi connectivity index (χ1v) is 5.82. The van der Waals surface area contributed by atoms with Gasteiger partial charge in [0.25, 0.3) is 0 Å². The van der Waals surface area contributed by atoms with Crippen molar-refractivity contribution in [2.45, 2.75) is 29.7 Å². The summed E-state index contributed by atoms with van der Waals surface area (Å²) < 4.78 is 20.6.